The summed E-state index contributed by atoms with van der Waals surface area (Å²) in [6.07, 6.45) is 3.02. The van der Waals surface area contributed by atoms with Crippen LogP contribution in [0.1, 0.15) is 25.7 Å². The average Bonchev–Trinajstić information content (AvgIpc) is 2.01. The molecule has 0 radical (unpaired) electrons. The molecule has 2 fully saturated rings. The Labute approximate surface area is 76.8 Å². The van der Waals surface area contributed by atoms with E-state index in [1.807, 2.05) is 0 Å². The minimum Gasteiger partial charge on any atom is -0.481 e. The van der Waals surface area contributed by atoms with Crippen LogP contribution < -0.4 is 0 Å². The molecule has 1 saturated carbocycles. The van der Waals surface area contributed by atoms with E-state index in [1.165, 1.54) is 6.42 Å². The zero-order chi connectivity index (χ0) is 9.31. The second kappa shape index (κ2) is 3.27. The van der Waals surface area contributed by atoms with Crippen molar-refractivity contribution in [1.29, 1.82) is 0 Å². The van der Waals surface area contributed by atoms with Gasteiger partial charge in [0.1, 0.15) is 0 Å². The van der Waals surface area contributed by atoms with Crippen LogP contribution in [0.25, 0.3) is 0 Å². The lowest BCUT2D eigenvalue weighted by Crippen LogP contribution is -2.52. The summed E-state index contributed by atoms with van der Waals surface area (Å²) in [6, 6.07) is 0. The van der Waals surface area contributed by atoms with Crippen LogP contribution >= 0.6 is 0 Å². The standard InChI is InChI=1S/C9H14O4/c10-8(11)4-7-5-12-6-9(13-7)2-1-3-9/h7H,1-6H2,(H,10,11). The van der Waals surface area contributed by atoms with Gasteiger partial charge in [-0.05, 0) is 19.3 Å². The third-order valence-corrected chi connectivity index (χ3v) is 2.75. The average molecular weight is 186 g/mol. The monoisotopic (exact) mass is 186 g/mol. The van der Waals surface area contributed by atoms with E-state index in [2.05, 4.69) is 0 Å². The van der Waals surface area contributed by atoms with Gasteiger partial charge >= 0.3 is 5.97 Å². The van der Waals surface area contributed by atoms with Crippen LogP contribution in [0.4, 0.5) is 0 Å². The van der Waals surface area contributed by atoms with Gasteiger partial charge in [0.2, 0.25) is 0 Å². The summed E-state index contributed by atoms with van der Waals surface area (Å²) >= 11 is 0. The van der Waals surface area contributed by atoms with Crippen LogP contribution in [0.5, 0.6) is 0 Å². The van der Waals surface area contributed by atoms with E-state index in [9.17, 15) is 4.79 Å². The van der Waals surface area contributed by atoms with Gasteiger partial charge in [0.25, 0.3) is 0 Å². The predicted molar refractivity (Wildman–Crippen MR) is 44.5 cm³/mol. The SMILES string of the molecule is O=C(O)CC1COCC2(CCC2)O1. The Morgan fingerprint density at radius 1 is 1.54 bits per heavy atom. The van der Waals surface area contributed by atoms with E-state index in [1.54, 1.807) is 0 Å². The number of aliphatic carboxylic acids is 1. The predicted octanol–water partition coefficient (Wildman–Crippen LogP) is 0.799. The molecule has 1 N–H and O–H groups in total. The molecule has 2 rings (SSSR count). The molecule has 4 nitrogen and oxygen atoms in total. The van der Waals surface area contributed by atoms with Gasteiger partial charge in [-0.2, -0.15) is 0 Å². The van der Waals surface area contributed by atoms with Crippen molar-refractivity contribution in [3.63, 3.8) is 0 Å². The Hall–Kier alpha value is -0.610. The van der Waals surface area contributed by atoms with Crippen LogP contribution in [-0.4, -0.2) is 36.0 Å². The molecule has 1 spiro atoms. The minimum atomic E-state index is -0.815. The van der Waals surface area contributed by atoms with E-state index in [0.717, 1.165) is 12.8 Å². The van der Waals surface area contributed by atoms with Crippen molar-refractivity contribution in [2.45, 2.75) is 37.4 Å². The lowest BCUT2D eigenvalue weighted by Gasteiger charge is -2.46. The molecule has 0 aromatic rings. The lowest BCUT2D eigenvalue weighted by atomic mass is 9.80. The van der Waals surface area contributed by atoms with E-state index in [-0.39, 0.29) is 18.1 Å². The van der Waals surface area contributed by atoms with Crippen molar-refractivity contribution < 1.29 is 19.4 Å². The zero-order valence-electron chi connectivity index (χ0n) is 7.49. The van der Waals surface area contributed by atoms with Gasteiger partial charge in [-0.1, -0.05) is 0 Å². The Morgan fingerprint density at radius 2 is 2.31 bits per heavy atom. The van der Waals surface area contributed by atoms with Crippen molar-refractivity contribution in [3.8, 4) is 0 Å². The highest BCUT2D eigenvalue weighted by molar-refractivity contribution is 5.67. The summed E-state index contributed by atoms with van der Waals surface area (Å²) in [7, 11) is 0. The molecular formula is C9H14O4. The van der Waals surface area contributed by atoms with Crippen LogP contribution in [0.2, 0.25) is 0 Å². The summed E-state index contributed by atoms with van der Waals surface area (Å²) in [4.78, 5) is 10.4. The number of ether oxygens (including phenoxy) is 2. The van der Waals surface area contributed by atoms with E-state index in [0.29, 0.717) is 13.2 Å². The molecule has 1 unspecified atom stereocenters. The molecule has 13 heavy (non-hydrogen) atoms. The van der Waals surface area contributed by atoms with Gasteiger partial charge < -0.3 is 14.6 Å². The van der Waals surface area contributed by atoms with Crippen molar-refractivity contribution in [1.82, 2.24) is 0 Å². The Morgan fingerprint density at radius 3 is 2.85 bits per heavy atom. The maximum atomic E-state index is 10.4. The maximum absolute atomic E-state index is 10.4. The molecule has 1 atom stereocenters. The summed E-state index contributed by atoms with van der Waals surface area (Å²) < 4.78 is 11.1. The van der Waals surface area contributed by atoms with Gasteiger partial charge in [-0.15, -0.1) is 0 Å². The molecule has 4 heteroatoms. The Bertz CT molecular complexity index is 210. The van der Waals surface area contributed by atoms with E-state index >= 15 is 0 Å². The third-order valence-electron chi connectivity index (χ3n) is 2.75. The second-order valence-corrected chi connectivity index (χ2v) is 3.89. The van der Waals surface area contributed by atoms with Gasteiger partial charge in [-0.3, -0.25) is 4.79 Å². The molecule has 0 bridgehead atoms. The Kier molecular flexibility index (Phi) is 2.26. The van der Waals surface area contributed by atoms with Gasteiger partial charge in [0.05, 0.1) is 31.3 Å². The van der Waals surface area contributed by atoms with Crippen molar-refractivity contribution in [3.05, 3.63) is 0 Å². The Balaban J connectivity index is 1.88. The normalized spacial score (nSPS) is 31.2. The lowest BCUT2D eigenvalue weighted by molar-refractivity contribution is -0.230. The second-order valence-electron chi connectivity index (χ2n) is 3.89. The first kappa shape index (κ1) is 8.97. The summed E-state index contributed by atoms with van der Waals surface area (Å²) in [5.74, 6) is -0.815. The summed E-state index contributed by atoms with van der Waals surface area (Å²) in [6.45, 7) is 1.07. The fourth-order valence-electron chi connectivity index (χ4n) is 1.93. The first-order valence-electron chi connectivity index (χ1n) is 4.68. The summed E-state index contributed by atoms with van der Waals surface area (Å²) in [5.41, 5.74) is -0.127. The van der Waals surface area contributed by atoms with Gasteiger partial charge in [0.15, 0.2) is 0 Å². The molecule has 1 aliphatic heterocycles. The van der Waals surface area contributed by atoms with Crippen LogP contribution in [-0.2, 0) is 14.3 Å². The molecule has 1 aliphatic carbocycles. The summed E-state index contributed by atoms with van der Waals surface area (Å²) in [5, 5.41) is 8.59. The van der Waals surface area contributed by atoms with Crippen molar-refractivity contribution >= 4 is 5.97 Å². The molecular weight excluding hydrogens is 172 g/mol. The number of carboxylic acid groups (broad SMARTS) is 1. The number of hydrogen-bond donors (Lipinski definition) is 1. The van der Waals surface area contributed by atoms with E-state index < -0.39 is 5.97 Å². The largest absolute Gasteiger partial charge is 0.481 e. The van der Waals surface area contributed by atoms with Crippen LogP contribution in [0.3, 0.4) is 0 Å². The number of carboxylic acids is 1. The quantitative estimate of drug-likeness (QED) is 0.693. The molecule has 1 heterocycles. The zero-order valence-corrected chi connectivity index (χ0v) is 7.49. The molecule has 0 amide bonds. The highest BCUT2D eigenvalue weighted by Gasteiger charge is 2.43. The first-order chi connectivity index (χ1) is 6.20. The molecule has 0 aromatic carbocycles. The first-order valence-corrected chi connectivity index (χ1v) is 4.68. The highest BCUT2D eigenvalue weighted by Crippen LogP contribution is 2.39. The molecule has 1 saturated heterocycles. The van der Waals surface area contributed by atoms with Crippen molar-refractivity contribution in [2.24, 2.45) is 0 Å². The topological polar surface area (TPSA) is 55.8 Å². The van der Waals surface area contributed by atoms with Gasteiger partial charge in [0, 0.05) is 0 Å². The fraction of sp³-hybridized carbons (Fsp3) is 0.889. The van der Waals surface area contributed by atoms with Crippen LogP contribution in [0.15, 0.2) is 0 Å². The number of hydrogen-bond acceptors (Lipinski definition) is 3. The number of rotatable bonds is 2. The minimum absolute atomic E-state index is 0.0573. The third kappa shape index (κ3) is 1.84. The highest BCUT2D eigenvalue weighted by atomic mass is 16.6. The number of carbonyl (C=O) groups is 1. The maximum Gasteiger partial charge on any atom is 0.306 e. The smallest absolute Gasteiger partial charge is 0.306 e. The molecule has 2 aliphatic rings. The molecule has 0 aromatic heterocycles. The van der Waals surface area contributed by atoms with Crippen molar-refractivity contribution in [2.75, 3.05) is 13.2 Å². The van der Waals surface area contributed by atoms with E-state index in [4.69, 9.17) is 14.6 Å². The van der Waals surface area contributed by atoms with Gasteiger partial charge in [-0.25, -0.2) is 0 Å². The molecule has 74 valence electrons. The van der Waals surface area contributed by atoms with Crippen LogP contribution in [0, 0.1) is 0 Å². The fourth-order valence-corrected chi connectivity index (χ4v) is 1.93.